The van der Waals surface area contributed by atoms with Gasteiger partial charge in [-0.05, 0) is 27.7 Å². The Bertz CT molecular complexity index is 267. The van der Waals surface area contributed by atoms with Crippen molar-refractivity contribution in [2.45, 2.75) is 27.7 Å². The van der Waals surface area contributed by atoms with E-state index in [0.717, 1.165) is 13.1 Å². The SMILES string of the molecule is CCN(C=C(N(CC)CC)P(=O)(O)O)CC. The molecule has 0 aliphatic carbocycles. The first kappa shape index (κ1) is 15.5. The van der Waals surface area contributed by atoms with E-state index in [2.05, 4.69) is 0 Å². The van der Waals surface area contributed by atoms with Gasteiger partial charge in [-0.15, -0.1) is 0 Å². The molecule has 0 aromatic rings. The Morgan fingerprint density at radius 3 is 1.75 bits per heavy atom. The van der Waals surface area contributed by atoms with Crippen LogP contribution in [-0.4, -0.2) is 45.8 Å². The van der Waals surface area contributed by atoms with Gasteiger partial charge >= 0.3 is 7.60 Å². The minimum Gasteiger partial charge on any atom is -0.376 e. The molecule has 0 unspecified atom stereocenters. The summed E-state index contributed by atoms with van der Waals surface area (Å²) in [6.07, 6.45) is 1.58. The van der Waals surface area contributed by atoms with Crippen LogP contribution in [0.2, 0.25) is 0 Å². The molecule has 2 N–H and O–H groups in total. The Balaban J connectivity index is 5.15. The molecule has 0 saturated heterocycles. The maximum Gasteiger partial charge on any atom is 0.373 e. The van der Waals surface area contributed by atoms with Gasteiger partial charge in [-0.1, -0.05) is 0 Å². The minimum absolute atomic E-state index is 0.112. The van der Waals surface area contributed by atoms with E-state index in [1.54, 1.807) is 11.1 Å². The van der Waals surface area contributed by atoms with Gasteiger partial charge < -0.3 is 19.6 Å². The zero-order chi connectivity index (χ0) is 12.8. The van der Waals surface area contributed by atoms with Crippen molar-refractivity contribution in [2.75, 3.05) is 26.2 Å². The van der Waals surface area contributed by atoms with Gasteiger partial charge in [0.25, 0.3) is 0 Å². The molecular formula is C10H23N2O3P. The third-order valence-electron chi connectivity index (χ3n) is 2.50. The summed E-state index contributed by atoms with van der Waals surface area (Å²) in [5.74, 6) is 0. The third kappa shape index (κ3) is 4.56. The standard InChI is InChI=1S/C10H23N2O3P/c1-5-11(6-2)9-10(16(13,14)15)12(7-3)8-4/h9H,5-8H2,1-4H3,(H2,13,14,15). The van der Waals surface area contributed by atoms with Gasteiger partial charge in [-0.2, -0.15) is 0 Å². The highest BCUT2D eigenvalue weighted by Crippen LogP contribution is 2.46. The molecule has 6 heteroatoms. The zero-order valence-corrected chi connectivity index (χ0v) is 11.4. The van der Waals surface area contributed by atoms with Gasteiger partial charge in [0.05, 0.1) is 0 Å². The lowest BCUT2D eigenvalue weighted by Gasteiger charge is -2.27. The summed E-state index contributed by atoms with van der Waals surface area (Å²) in [4.78, 5) is 22.2. The first-order chi connectivity index (χ1) is 7.40. The minimum atomic E-state index is -4.20. The van der Waals surface area contributed by atoms with E-state index in [4.69, 9.17) is 0 Å². The Kier molecular flexibility index (Phi) is 6.72. The molecule has 16 heavy (non-hydrogen) atoms. The molecule has 0 bridgehead atoms. The normalized spacial score (nSPS) is 12.8. The summed E-state index contributed by atoms with van der Waals surface area (Å²) in [5, 5.41) is 0. The van der Waals surface area contributed by atoms with Crippen LogP contribution in [0.25, 0.3) is 0 Å². The lowest BCUT2D eigenvalue weighted by Crippen LogP contribution is -2.26. The summed E-state index contributed by atoms with van der Waals surface area (Å²) in [5.41, 5.74) is 0.112. The van der Waals surface area contributed by atoms with Gasteiger partial charge in [0, 0.05) is 32.4 Å². The van der Waals surface area contributed by atoms with E-state index >= 15 is 0 Å². The molecular weight excluding hydrogens is 227 g/mol. The van der Waals surface area contributed by atoms with Crippen molar-refractivity contribution in [1.29, 1.82) is 0 Å². The maximum absolute atomic E-state index is 11.4. The molecule has 0 aromatic carbocycles. The van der Waals surface area contributed by atoms with E-state index in [9.17, 15) is 14.4 Å². The first-order valence-electron chi connectivity index (χ1n) is 5.67. The Hall–Kier alpha value is -0.510. The van der Waals surface area contributed by atoms with Crippen LogP contribution in [0.4, 0.5) is 0 Å². The fourth-order valence-electron chi connectivity index (χ4n) is 1.46. The maximum atomic E-state index is 11.4. The van der Waals surface area contributed by atoms with E-state index in [1.165, 1.54) is 0 Å². The smallest absolute Gasteiger partial charge is 0.373 e. The van der Waals surface area contributed by atoms with Gasteiger partial charge in [0.2, 0.25) is 0 Å². The lowest BCUT2D eigenvalue weighted by atomic mass is 10.5. The zero-order valence-electron chi connectivity index (χ0n) is 10.6. The summed E-state index contributed by atoms with van der Waals surface area (Å²) in [7, 11) is -4.20. The van der Waals surface area contributed by atoms with Crippen molar-refractivity contribution < 1.29 is 14.4 Å². The Morgan fingerprint density at radius 2 is 1.50 bits per heavy atom. The van der Waals surface area contributed by atoms with Gasteiger partial charge in [-0.25, -0.2) is 0 Å². The van der Waals surface area contributed by atoms with Crippen LogP contribution < -0.4 is 0 Å². The molecule has 96 valence electrons. The van der Waals surface area contributed by atoms with E-state index in [0.29, 0.717) is 13.1 Å². The fourth-order valence-corrected chi connectivity index (χ4v) is 2.42. The lowest BCUT2D eigenvalue weighted by molar-refractivity contribution is 0.322. The summed E-state index contributed by atoms with van der Waals surface area (Å²) in [6.45, 7) is 10.3. The van der Waals surface area contributed by atoms with Crippen LogP contribution >= 0.6 is 7.60 Å². The predicted octanol–water partition coefficient (Wildman–Crippen LogP) is 1.65. The molecule has 0 aliphatic rings. The first-order valence-corrected chi connectivity index (χ1v) is 7.28. The molecule has 5 nitrogen and oxygen atoms in total. The van der Waals surface area contributed by atoms with Crippen molar-refractivity contribution >= 4 is 7.60 Å². The second kappa shape index (κ2) is 6.94. The second-order valence-electron chi connectivity index (χ2n) is 3.42. The van der Waals surface area contributed by atoms with Crippen LogP contribution in [0.1, 0.15) is 27.7 Å². The quantitative estimate of drug-likeness (QED) is 0.673. The van der Waals surface area contributed by atoms with Crippen molar-refractivity contribution in [3.63, 3.8) is 0 Å². The fraction of sp³-hybridized carbons (Fsp3) is 0.800. The summed E-state index contributed by atoms with van der Waals surface area (Å²) < 4.78 is 11.4. The molecule has 0 aliphatic heterocycles. The molecule has 0 atom stereocenters. The average Bonchev–Trinajstić information content (AvgIpc) is 2.23. The highest BCUT2D eigenvalue weighted by molar-refractivity contribution is 7.56. The van der Waals surface area contributed by atoms with Crippen LogP contribution in [0.15, 0.2) is 11.6 Å². The molecule has 0 fully saturated rings. The average molecular weight is 250 g/mol. The van der Waals surface area contributed by atoms with Crippen molar-refractivity contribution in [3.8, 4) is 0 Å². The van der Waals surface area contributed by atoms with Crippen LogP contribution in [0.3, 0.4) is 0 Å². The number of hydrogen-bond donors (Lipinski definition) is 2. The Labute approximate surface area is 97.9 Å². The summed E-state index contributed by atoms with van der Waals surface area (Å²) in [6, 6.07) is 0. The van der Waals surface area contributed by atoms with Crippen LogP contribution in [0, 0.1) is 0 Å². The van der Waals surface area contributed by atoms with Gasteiger partial charge in [0.1, 0.15) is 5.44 Å². The molecule has 0 spiro atoms. The molecule has 0 amide bonds. The topological polar surface area (TPSA) is 64.0 Å². The van der Waals surface area contributed by atoms with E-state index < -0.39 is 7.60 Å². The van der Waals surface area contributed by atoms with Crippen LogP contribution in [0.5, 0.6) is 0 Å². The number of rotatable bonds is 7. The largest absolute Gasteiger partial charge is 0.376 e. The highest BCUT2D eigenvalue weighted by atomic mass is 31.2. The summed E-state index contributed by atoms with van der Waals surface area (Å²) >= 11 is 0. The molecule has 0 rings (SSSR count). The number of nitrogens with zero attached hydrogens (tertiary/aromatic N) is 2. The van der Waals surface area contributed by atoms with Crippen LogP contribution in [-0.2, 0) is 4.57 Å². The third-order valence-corrected chi connectivity index (χ3v) is 3.49. The highest BCUT2D eigenvalue weighted by Gasteiger charge is 2.25. The molecule has 0 saturated carbocycles. The number of hydrogen-bond acceptors (Lipinski definition) is 3. The van der Waals surface area contributed by atoms with Crippen molar-refractivity contribution in [3.05, 3.63) is 11.6 Å². The van der Waals surface area contributed by atoms with Gasteiger partial charge in [0.15, 0.2) is 0 Å². The van der Waals surface area contributed by atoms with E-state index in [-0.39, 0.29) is 5.44 Å². The van der Waals surface area contributed by atoms with Crippen molar-refractivity contribution in [1.82, 2.24) is 9.80 Å². The molecule has 0 radical (unpaired) electrons. The monoisotopic (exact) mass is 250 g/mol. The molecule has 0 heterocycles. The van der Waals surface area contributed by atoms with Crippen molar-refractivity contribution in [2.24, 2.45) is 0 Å². The Morgan fingerprint density at radius 1 is 1.06 bits per heavy atom. The predicted molar refractivity (Wildman–Crippen MR) is 66.0 cm³/mol. The molecule has 0 aromatic heterocycles. The van der Waals surface area contributed by atoms with Gasteiger partial charge in [-0.3, -0.25) is 4.57 Å². The second-order valence-corrected chi connectivity index (χ2v) is 4.97. The van der Waals surface area contributed by atoms with E-state index in [1.807, 2.05) is 32.6 Å².